The van der Waals surface area contributed by atoms with E-state index in [1.165, 1.54) is 7.11 Å². The molecule has 0 spiro atoms. The SMILES string of the molecule is COC(=O)c1ccc(-c2ccc(Cl)c(C3=C(CN4C(=O)O[C@H](c5cc(C)cc(C(F)(F)F)c5)[C@@H]4C)CC(C)(C)CC3)c2)c(C)c1. The zero-order chi connectivity index (χ0) is 32.8. The van der Waals surface area contributed by atoms with Gasteiger partial charge >= 0.3 is 18.2 Å². The fourth-order valence-corrected chi connectivity index (χ4v) is 6.78. The van der Waals surface area contributed by atoms with Crippen LogP contribution >= 0.6 is 11.6 Å². The number of hydrogen-bond donors (Lipinski definition) is 0. The lowest BCUT2D eigenvalue weighted by Crippen LogP contribution is -2.35. The number of nitrogens with zero attached hydrogens (tertiary/aromatic N) is 1. The molecule has 9 heteroatoms. The normalized spacial score (nSPS) is 20.0. The largest absolute Gasteiger partial charge is 0.465 e. The summed E-state index contributed by atoms with van der Waals surface area (Å²) in [6.07, 6.45) is -3.50. The number of carbonyl (C=O) groups is 2. The molecule has 0 radical (unpaired) electrons. The molecule has 1 heterocycles. The van der Waals surface area contributed by atoms with Crippen molar-refractivity contribution >= 4 is 29.2 Å². The van der Waals surface area contributed by atoms with Crippen LogP contribution in [0, 0.1) is 19.3 Å². The molecule has 238 valence electrons. The van der Waals surface area contributed by atoms with Crippen molar-refractivity contribution in [3.8, 4) is 11.1 Å². The average molecular weight is 640 g/mol. The Hall–Kier alpha value is -3.78. The van der Waals surface area contributed by atoms with Crippen LogP contribution in [0.1, 0.15) is 84.3 Å². The molecule has 1 aliphatic carbocycles. The van der Waals surface area contributed by atoms with Crippen LogP contribution < -0.4 is 0 Å². The Morgan fingerprint density at radius 3 is 2.47 bits per heavy atom. The number of aryl methyl sites for hydroxylation is 2. The van der Waals surface area contributed by atoms with Crippen molar-refractivity contribution in [1.82, 2.24) is 4.90 Å². The van der Waals surface area contributed by atoms with Crippen molar-refractivity contribution in [2.75, 3.05) is 13.7 Å². The van der Waals surface area contributed by atoms with E-state index in [0.29, 0.717) is 21.7 Å². The van der Waals surface area contributed by atoms with Crippen LogP contribution in [-0.4, -0.2) is 36.7 Å². The van der Waals surface area contributed by atoms with Crippen molar-refractivity contribution in [2.45, 2.75) is 72.2 Å². The smallest absolute Gasteiger partial charge is 0.416 e. The van der Waals surface area contributed by atoms with Crippen LogP contribution in [0.25, 0.3) is 16.7 Å². The minimum atomic E-state index is -4.50. The van der Waals surface area contributed by atoms with Gasteiger partial charge in [-0.3, -0.25) is 4.90 Å². The monoisotopic (exact) mass is 639 g/mol. The number of alkyl halides is 3. The number of carbonyl (C=O) groups excluding carboxylic acids is 2. The molecule has 5 nitrogen and oxygen atoms in total. The Labute approximate surface area is 267 Å². The minimum absolute atomic E-state index is 0.0202. The van der Waals surface area contributed by atoms with Crippen molar-refractivity contribution in [2.24, 2.45) is 5.41 Å². The standard InChI is InChI=1S/C36H37ClF3NO4/c1-20-13-25(16-27(14-20)36(38,39)40)32-22(3)41(34(43)45-32)19-26-18-35(4,5)12-11-29(26)30-17-23(8-10-31(30)37)28-9-7-24(15-21(28)2)33(42)44-6/h7-10,13-17,22,32H,11-12,18-19H2,1-6H3/t22-,32-/m0/s1. The third kappa shape index (κ3) is 6.76. The van der Waals surface area contributed by atoms with Gasteiger partial charge in [0.25, 0.3) is 0 Å². The van der Waals surface area contributed by atoms with E-state index in [0.717, 1.165) is 64.8 Å². The predicted molar refractivity (Wildman–Crippen MR) is 169 cm³/mol. The second-order valence-corrected chi connectivity index (χ2v) is 13.3. The fourth-order valence-electron chi connectivity index (χ4n) is 6.55. The molecule has 2 aliphatic rings. The summed E-state index contributed by atoms with van der Waals surface area (Å²) in [6, 6.07) is 14.6. The maximum atomic E-state index is 13.6. The van der Waals surface area contributed by atoms with Gasteiger partial charge in [0.1, 0.15) is 6.10 Å². The van der Waals surface area contributed by atoms with E-state index in [1.807, 2.05) is 32.0 Å². The molecule has 0 bridgehead atoms. The first-order chi connectivity index (χ1) is 21.1. The maximum absolute atomic E-state index is 13.6. The van der Waals surface area contributed by atoms with E-state index in [1.54, 1.807) is 30.0 Å². The number of esters is 1. The summed E-state index contributed by atoms with van der Waals surface area (Å²) in [6.45, 7) is 10.0. The summed E-state index contributed by atoms with van der Waals surface area (Å²) < 4.78 is 51.3. The molecule has 0 unspecified atom stereocenters. The summed E-state index contributed by atoms with van der Waals surface area (Å²) in [5.41, 5.74) is 6.25. The molecule has 1 fully saturated rings. The Bertz CT molecular complexity index is 1690. The van der Waals surface area contributed by atoms with Crippen LogP contribution in [0.4, 0.5) is 18.0 Å². The molecule has 0 saturated carbocycles. The van der Waals surface area contributed by atoms with Gasteiger partial charge < -0.3 is 9.47 Å². The number of methoxy groups -OCH3 is 1. The highest BCUT2D eigenvalue weighted by molar-refractivity contribution is 6.32. The first-order valence-corrected chi connectivity index (χ1v) is 15.3. The molecule has 3 aromatic carbocycles. The fraction of sp³-hybridized carbons (Fsp3) is 0.389. The highest BCUT2D eigenvalue weighted by Gasteiger charge is 2.42. The lowest BCUT2D eigenvalue weighted by molar-refractivity contribution is -0.137. The second-order valence-electron chi connectivity index (χ2n) is 12.9. The van der Waals surface area contributed by atoms with E-state index in [9.17, 15) is 22.8 Å². The van der Waals surface area contributed by atoms with E-state index < -0.39 is 35.9 Å². The van der Waals surface area contributed by atoms with Crippen molar-refractivity contribution in [3.63, 3.8) is 0 Å². The minimum Gasteiger partial charge on any atom is -0.465 e. The van der Waals surface area contributed by atoms with Gasteiger partial charge in [0, 0.05) is 11.6 Å². The molecule has 2 atom stereocenters. The van der Waals surface area contributed by atoms with E-state index in [-0.39, 0.29) is 12.0 Å². The van der Waals surface area contributed by atoms with Gasteiger partial charge in [-0.15, -0.1) is 0 Å². The van der Waals surface area contributed by atoms with Crippen LogP contribution in [0.2, 0.25) is 5.02 Å². The number of hydrogen-bond acceptors (Lipinski definition) is 4. The second kappa shape index (κ2) is 12.2. The van der Waals surface area contributed by atoms with E-state index >= 15 is 0 Å². The number of allylic oxidation sites excluding steroid dienone is 1. The summed E-state index contributed by atoms with van der Waals surface area (Å²) in [7, 11) is 1.35. The number of amides is 1. The predicted octanol–water partition coefficient (Wildman–Crippen LogP) is 9.97. The van der Waals surface area contributed by atoms with Crippen LogP contribution in [0.3, 0.4) is 0 Å². The maximum Gasteiger partial charge on any atom is 0.416 e. The molecule has 45 heavy (non-hydrogen) atoms. The average Bonchev–Trinajstić information content (AvgIpc) is 3.24. The third-order valence-corrected chi connectivity index (χ3v) is 9.26. The Morgan fingerprint density at radius 1 is 1.07 bits per heavy atom. The number of benzene rings is 3. The number of halogens is 4. The van der Waals surface area contributed by atoms with Crippen LogP contribution in [-0.2, 0) is 15.7 Å². The molecule has 0 N–H and O–H groups in total. The van der Waals surface area contributed by atoms with Crippen LogP contribution in [0.5, 0.6) is 0 Å². The Kier molecular flexibility index (Phi) is 8.84. The molecular formula is C36H37ClF3NO4. The van der Waals surface area contributed by atoms with Gasteiger partial charge in [-0.25, -0.2) is 9.59 Å². The van der Waals surface area contributed by atoms with E-state index in [2.05, 4.69) is 19.9 Å². The van der Waals surface area contributed by atoms with Crippen molar-refractivity contribution in [1.29, 1.82) is 0 Å². The molecule has 0 aromatic heterocycles. The van der Waals surface area contributed by atoms with E-state index in [4.69, 9.17) is 21.1 Å². The van der Waals surface area contributed by atoms with Gasteiger partial charge in [-0.2, -0.15) is 13.2 Å². The van der Waals surface area contributed by atoms with Gasteiger partial charge in [0.05, 0.1) is 24.3 Å². The lowest BCUT2D eigenvalue weighted by atomic mass is 9.72. The Balaban J connectivity index is 1.51. The summed E-state index contributed by atoms with van der Waals surface area (Å²) in [4.78, 5) is 26.9. The van der Waals surface area contributed by atoms with Crippen molar-refractivity contribution in [3.05, 3.63) is 98.6 Å². The first-order valence-electron chi connectivity index (χ1n) is 14.9. The highest BCUT2D eigenvalue weighted by atomic mass is 35.5. The molecule has 3 aromatic rings. The third-order valence-electron chi connectivity index (χ3n) is 8.93. The van der Waals surface area contributed by atoms with Crippen molar-refractivity contribution < 1.29 is 32.2 Å². The van der Waals surface area contributed by atoms with Gasteiger partial charge in [-0.05, 0) is 121 Å². The van der Waals surface area contributed by atoms with Crippen LogP contribution in [0.15, 0.2) is 60.2 Å². The first kappa shape index (κ1) is 32.6. The van der Waals surface area contributed by atoms with Gasteiger partial charge in [0.15, 0.2) is 0 Å². The topological polar surface area (TPSA) is 55.8 Å². The molecule has 1 saturated heterocycles. The Morgan fingerprint density at radius 2 is 1.80 bits per heavy atom. The summed E-state index contributed by atoms with van der Waals surface area (Å²) in [5.74, 6) is -0.402. The molecule has 5 rings (SSSR count). The highest BCUT2D eigenvalue weighted by Crippen LogP contribution is 2.46. The number of rotatable bonds is 6. The summed E-state index contributed by atoms with van der Waals surface area (Å²) in [5, 5.41) is 0.587. The zero-order valence-electron chi connectivity index (χ0n) is 26.3. The zero-order valence-corrected chi connectivity index (χ0v) is 27.0. The van der Waals surface area contributed by atoms with Gasteiger partial charge in [0.2, 0.25) is 0 Å². The molecule has 1 amide bonds. The lowest BCUT2D eigenvalue weighted by Gasteiger charge is -2.36. The quantitative estimate of drug-likeness (QED) is 0.252. The summed E-state index contributed by atoms with van der Waals surface area (Å²) >= 11 is 6.83. The number of ether oxygens (including phenoxy) is 2. The molecular weight excluding hydrogens is 603 g/mol. The molecule has 1 aliphatic heterocycles. The number of cyclic esters (lactones) is 1. The van der Waals surface area contributed by atoms with Gasteiger partial charge in [-0.1, -0.05) is 49.2 Å².